The third-order valence-electron chi connectivity index (χ3n) is 6.89. The van der Waals surface area contributed by atoms with Gasteiger partial charge in [-0.3, -0.25) is 9.69 Å². The van der Waals surface area contributed by atoms with Gasteiger partial charge in [0, 0.05) is 18.1 Å². The summed E-state index contributed by atoms with van der Waals surface area (Å²) in [5.74, 6) is 1.34. The van der Waals surface area contributed by atoms with Crippen LogP contribution < -0.4 is 4.74 Å². The van der Waals surface area contributed by atoms with E-state index in [1.165, 1.54) is 5.56 Å². The Kier molecular flexibility index (Phi) is 6.68. The summed E-state index contributed by atoms with van der Waals surface area (Å²) in [6.45, 7) is 3.91. The van der Waals surface area contributed by atoms with Crippen LogP contribution in [0.1, 0.15) is 63.5 Å². The van der Waals surface area contributed by atoms with Gasteiger partial charge in [0.2, 0.25) is 5.91 Å². The van der Waals surface area contributed by atoms with Gasteiger partial charge in [0.15, 0.2) is 9.84 Å². The first-order chi connectivity index (χ1) is 14.5. The van der Waals surface area contributed by atoms with E-state index in [0.717, 1.165) is 50.8 Å². The lowest BCUT2D eigenvalue weighted by atomic mass is 10.0. The van der Waals surface area contributed by atoms with Gasteiger partial charge in [-0.15, -0.1) is 0 Å². The smallest absolute Gasteiger partial charge is 0.237 e. The van der Waals surface area contributed by atoms with Gasteiger partial charge in [0.05, 0.1) is 24.7 Å². The number of carbonyl (C=O) groups is 1. The molecule has 3 aliphatic rings. The number of nitrogens with zero attached hydrogens (tertiary/aromatic N) is 2. The molecule has 1 aromatic rings. The van der Waals surface area contributed by atoms with Gasteiger partial charge in [0.1, 0.15) is 5.75 Å². The molecule has 1 aliphatic carbocycles. The molecule has 2 aliphatic heterocycles. The topological polar surface area (TPSA) is 66.9 Å². The highest BCUT2D eigenvalue weighted by molar-refractivity contribution is 7.91. The summed E-state index contributed by atoms with van der Waals surface area (Å²) in [5.41, 5.74) is 1.22. The van der Waals surface area contributed by atoms with Crippen LogP contribution in [0.5, 0.6) is 5.75 Å². The summed E-state index contributed by atoms with van der Waals surface area (Å²) < 4.78 is 29.7. The lowest BCUT2D eigenvalue weighted by Gasteiger charge is -2.36. The molecule has 1 saturated carbocycles. The number of carbonyl (C=O) groups excluding carboxylic acids is 1. The van der Waals surface area contributed by atoms with Crippen molar-refractivity contribution in [3.63, 3.8) is 0 Å². The fourth-order valence-electron chi connectivity index (χ4n) is 5.48. The Balaban J connectivity index is 1.47. The highest BCUT2D eigenvalue weighted by Gasteiger charge is 2.40. The molecule has 3 fully saturated rings. The molecule has 166 valence electrons. The van der Waals surface area contributed by atoms with Crippen LogP contribution in [-0.2, 0) is 14.6 Å². The predicted molar refractivity (Wildman–Crippen MR) is 117 cm³/mol. The molecule has 0 aromatic heterocycles. The quantitative estimate of drug-likeness (QED) is 0.659. The minimum atomic E-state index is -3.01. The van der Waals surface area contributed by atoms with Gasteiger partial charge in [-0.05, 0) is 63.3 Å². The van der Waals surface area contributed by atoms with E-state index in [-0.39, 0.29) is 35.5 Å². The standard InChI is InChI=1S/C23H34N2O4S/c1-2-29-21-11-9-18(10-12-21)22-8-5-14-24(22)16-23(26)25(19-6-3-4-7-19)20-13-15-30(27,28)17-20/h9-12,19-20,22H,2-8,13-17H2,1H3. The zero-order valence-corrected chi connectivity index (χ0v) is 18.8. The van der Waals surface area contributed by atoms with E-state index in [1.54, 1.807) is 0 Å². The second-order valence-corrected chi connectivity index (χ2v) is 11.2. The maximum Gasteiger partial charge on any atom is 0.237 e. The third-order valence-corrected chi connectivity index (χ3v) is 8.64. The number of benzene rings is 1. The second-order valence-electron chi connectivity index (χ2n) is 8.93. The largest absolute Gasteiger partial charge is 0.494 e. The van der Waals surface area contributed by atoms with Crippen LogP contribution in [0, 0.1) is 0 Å². The number of amides is 1. The van der Waals surface area contributed by atoms with Crippen molar-refractivity contribution in [2.45, 2.75) is 70.0 Å². The van der Waals surface area contributed by atoms with Crippen LogP contribution in [-0.4, -0.2) is 67.4 Å². The average Bonchev–Trinajstić information content (AvgIpc) is 3.45. The van der Waals surface area contributed by atoms with Gasteiger partial charge >= 0.3 is 0 Å². The lowest BCUT2D eigenvalue weighted by molar-refractivity contribution is -0.137. The molecular weight excluding hydrogens is 400 g/mol. The van der Waals surface area contributed by atoms with Gasteiger partial charge < -0.3 is 9.64 Å². The maximum atomic E-state index is 13.5. The SMILES string of the molecule is CCOc1ccc(C2CCCN2CC(=O)N(C2CCCC2)C2CCS(=O)(=O)C2)cc1. The molecule has 0 radical (unpaired) electrons. The van der Waals surface area contributed by atoms with Crippen LogP contribution >= 0.6 is 0 Å². The first-order valence-electron chi connectivity index (χ1n) is 11.5. The number of likely N-dealkylation sites (tertiary alicyclic amines) is 1. The third kappa shape index (κ3) is 4.83. The molecule has 7 heteroatoms. The molecule has 30 heavy (non-hydrogen) atoms. The van der Waals surface area contributed by atoms with Crippen molar-refractivity contribution in [1.82, 2.24) is 9.80 Å². The molecule has 6 nitrogen and oxygen atoms in total. The summed E-state index contributed by atoms with van der Waals surface area (Å²) in [6.07, 6.45) is 6.98. The zero-order valence-electron chi connectivity index (χ0n) is 18.0. The van der Waals surface area contributed by atoms with Crippen LogP contribution in [0.25, 0.3) is 0 Å². The highest BCUT2D eigenvalue weighted by Crippen LogP contribution is 2.34. The van der Waals surface area contributed by atoms with E-state index in [1.807, 2.05) is 24.0 Å². The van der Waals surface area contributed by atoms with Crippen LogP contribution in [0.2, 0.25) is 0 Å². The number of hydrogen-bond acceptors (Lipinski definition) is 5. The number of rotatable bonds is 7. The van der Waals surface area contributed by atoms with Gasteiger partial charge in [-0.25, -0.2) is 8.42 Å². The highest BCUT2D eigenvalue weighted by atomic mass is 32.2. The van der Waals surface area contributed by atoms with Gasteiger partial charge in [-0.1, -0.05) is 25.0 Å². The van der Waals surface area contributed by atoms with Crippen molar-refractivity contribution in [3.8, 4) is 5.75 Å². The number of hydrogen-bond donors (Lipinski definition) is 0. The number of sulfone groups is 1. The lowest BCUT2D eigenvalue weighted by Crippen LogP contribution is -2.50. The van der Waals surface area contributed by atoms with Crippen molar-refractivity contribution < 1.29 is 17.9 Å². The molecule has 1 amide bonds. The van der Waals surface area contributed by atoms with E-state index >= 15 is 0 Å². The van der Waals surface area contributed by atoms with Crippen LogP contribution in [0.15, 0.2) is 24.3 Å². The minimum Gasteiger partial charge on any atom is -0.494 e. The Morgan fingerprint density at radius 3 is 2.43 bits per heavy atom. The monoisotopic (exact) mass is 434 g/mol. The first-order valence-corrected chi connectivity index (χ1v) is 13.3. The average molecular weight is 435 g/mol. The van der Waals surface area contributed by atoms with E-state index in [4.69, 9.17) is 4.74 Å². The molecule has 0 N–H and O–H groups in total. The van der Waals surface area contributed by atoms with Crippen molar-refractivity contribution in [2.24, 2.45) is 0 Å². The summed E-state index contributed by atoms with van der Waals surface area (Å²) in [6, 6.07) is 8.53. The molecular formula is C23H34N2O4S. The normalized spacial score (nSPS) is 26.8. The maximum absolute atomic E-state index is 13.5. The molecule has 2 unspecified atom stereocenters. The fourth-order valence-corrected chi connectivity index (χ4v) is 7.20. The molecule has 2 atom stereocenters. The summed E-state index contributed by atoms with van der Waals surface area (Å²) >= 11 is 0. The van der Waals surface area contributed by atoms with Gasteiger partial charge in [0.25, 0.3) is 0 Å². The number of ether oxygens (including phenoxy) is 1. The van der Waals surface area contributed by atoms with Gasteiger partial charge in [-0.2, -0.15) is 0 Å². The molecule has 0 spiro atoms. The van der Waals surface area contributed by atoms with E-state index in [9.17, 15) is 13.2 Å². The van der Waals surface area contributed by atoms with E-state index < -0.39 is 9.84 Å². The minimum absolute atomic E-state index is 0.113. The zero-order chi connectivity index (χ0) is 21.1. The molecule has 4 rings (SSSR count). The fraction of sp³-hybridized carbons (Fsp3) is 0.696. The van der Waals surface area contributed by atoms with E-state index in [0.29, 0.717) is 19.6 Å². The van der Waals surface area contributed by atoms with Crippen molar-refractivity contribution in [1.29, 1.82) is 0 Å². The summed E-state index contributed by atoms with van der Waals surface area (Å²) in [5, 5.41) is 0. The van der Waals surface area contributed by atoms with Crippen molar-refractivity contribution in [3.05, 3.63) is 29.8 Å². The molecule has 2 saturated heterocycles. The second kappa shape index (κ2) is 9.27. The Labute approximate surface area is 180 Å². The van der Waals surface area contributed by atoms with E-state index in [2.05, 4.69) is 17.0 Å². The molecule has 0 bridgehead atoms. The Hall–Kier alpha value is -1.60. The van der Waals surface area contributed by atoms with Crippen LogP contribution in [0.3, 0.4) is 0 Å². The molecule has 1 aromatic carbocycles. The Bertz CT molecular complexity index is 833. The summed E-state index contributed by atoms with van der Waals surface area (Å²) in [7, 11) is -3.01. The van der Waals surface area contributed by atoms with Crippen molar-refractivity contribution >= 4 is 15.7 Å². The first kappa shape index (κ1) is 21.6. The summed E-state index contributed by atoms with van der Waals surface area (Å²) in [4.78, 5) is 17.7. The predicted octanol–water partition coefficient (Wildman–Crippen LogP) is 3.18. The molecule has 2 heterocycles. The Morgan fingerprint density at radius 2 is 1.80 bits per heavy atom. The van der Waals surface area contributed by atoms with Crippen LogP contribution in [0.4, 0.5) is 0 Å². The Morgan fingerprint density at radius 1 is 1.07 bits per heavy atom. The van der Waals surface area contributed by atoms with Crippen molar-refractivity contribution in [2.75, 3.05) is 31.2 Å².